The number of aromatic nitrogens is 2. The van der Waals surface area contributed by atoms with Crippen LogP contribution in [-0.2, 0) is 9.53 Å². The Morgan fingerprint density at radius 2 is 2.30 bits per heavy atom. The lowest BCUT2D eigenvalue weighted by Crippen LogP contribution is -2.37. The molecule has 6 nitrogen and oxygen atoms in total. The zero-order chi connectivity index (χ0) is 17.0. The normalized spacial score (nSPS) is 18.4. The van der Waals surface area contributed by atoms with Crippen LogP contribution in [0.3, 0.4) is 0 Å². The highest BCUT2D eigenvalue weighted by Gasteiger charge is 2.26. The topological polar surface area (TPSA) is 79.1 Å². The standard InChI is InChI=1S/C16H21ClN4O2/c1-16(2,3)23-14(22)7-11-5-4-6-21(10-11)13-9-19-12(8-18)15(17)20-13/h9,11H,4-7,10H2,1-3H3/t11-/m0/s1. The van der Waals surface area contributed by atoms with E-state index in [9.17, 15) is 4.79 Å². The van der Waals surface area contributed by atoms with Gasteiger partial charge in [-0.15, -0.1) is 0 Å². The molecule has 124 valence electrons. The Hall–Kier alpha value is -1.87. The molecule has 1 aromatic rings. The summed E-state index contributed by atoms with van der Waals surface area (Å²) >= 11 is 5.95. The smallest absolute Gasteiger partial charge is 0.306 e. The molecule has 0 radical (unpaired) electrons. The van der Waals surface area contributed by atoms with Crippen LogP contribution in [0.25, 0.3) is 0 Å². The van der Waals surface area contributed by atoms with E-state index in [1.54, 1.807) is 6.20 Å². The van der Waals surface area contributed by atoms with Crippen molar-refractivity contribution in [1.29, 1.82) is 5.26 Å². The third kappa shape index (κ3) is 5.07. The number of hydrogen-bond acceptors (Lipinski definition) is 6. The number of nitriles is 1. The molecule has 2 rings (SSSR count). The fourth-order valence-corrected chi connectivity index (χ4v) is 2.82. The van der Waals surface area contributed by atoms with Gasteiger partial charge >= 0.3 is 5.97 Å². The van der Waals surface area contributed by atoms with Gasteiger partial charge in [-0.3, -0.25) is 4.79 Å². The number of anilines is 1. The van der Waals surface area contributed by atoms with E-state index in [-0.39, 0.29) is 22.7 Å². The maximum Gasteiger partial charge on any atom is 0.306 e. The van der Waals surface area contributed by atoms with Crippen LogP contribution in [0.1, 0.15) is 45.7 Å². The minimum atomic E-state index is -0.461. The van der Waals surface area contributed by atoms with Gasteiger partial charge in [-0.2, -0.15) is 5.26 Å². The molecule has 1 aliphatic heterocycles. The number of carbonyl (C=O) groups is 1. The molecule has 0 bridgehead atoms. The summed E-state index contributed by atoms with van der Waals surface area (Å²) in [5.74, 6) is 0.686. The monoisotopic (exact) mass is 336 g/mol. The number of piperidine rings is 1. The van der Waals surface area contributed by atoms with E-state index in [0.29, 0.717) is 18.8 Å². The van der Waals surface area contributed by atoms with Crippen LogP contribution in [0.5, 0.6) is 0 Å². The number of carbonyl (C=O) groups excluding carboxylic acids is 1. The quantitative estimate of drug-likeness (QED) is 0.789. The number of esters is 1. The first-order chi connectivity index (χ1) is 10.8. The highest BCUT2D eigenvalue weighted by molar-refractivity contribution is 6.30. The van der Waals surface area contributed by atoms with Gasteiger partial charge in [0.05, 0.1) is 12.6 Å². The molecule has 1 aromatic heterocycles. The first-order valence-electron chi connectivity index (χ1n) is 7.68. The summed E-state index contributed by atoms with van der Waals surface area (Å²) in [6.45, 7) is 7.14. The summed E-state index contributed by atoms with van der Waals surface area (Å²) in [5, 5.41) is 8.96. The molecule has 1 saturated heterocycles. The lowest BCUT2D eigenvalue weighted by atomic mass is 9.95. The Balaban J connectivity index is 1.99. The number of ether oxygens (including phenoxy) is 1. The van der Waals surface area contributed by atoms with E-state index in [1.165, 1.54) is 0 Å². The van der Waals surface area contributed by atoms with E-state index in [4.69, 9.17) is 21.6 Å². The summed E-state index contributed by atoms with van der Waals surface area (Å²) in [5.41, 5.74) is -0.338. The Bertz CT molecular complexity index is 621. The van der Waals surface area contributed by atoms with Crippen molar-refractivity contribution in [3.8, 4) is 6.07 Å². The molecule has 0 unspecified atom stereocenters. The molecule has 0 spiro atoms. The number of halogens is 1. The van der Waals surface area contributed by atoms with Crippen LogP contribution in [0, 0.1) is 17.2 Å². The van der Waals surface area contributed by atoms with Gasteiger partial charge in [0.15, 0.2) is 10.8 Å². The molecule has 1 aliphatic rings. The minimum absolute atomic E-state index is 0.110. The van der Waals surface area contributed by atoms with Crippen molar-refractivity contribution >= 4 is 23.4 Å². The molecule has 2 heterocycles. The second-order valence-electron chi connectivity index (χ2n) is 6.72. The van der Waals surface area contributed by atoms with E-state index in [2.05, 4.69) is 14.9 Å². The van der Waals surface area contributed by atoms with Crippen molar-refractivity contribution in [2.75, 3.05) is 18.0 Å². The third-order valence-corrected chi connectivity index (χ3v) is 3.81. The first kappa shape index (κ1) is 17.5. The van der Waals surface area contributed by atoms with Gasteiger partial charge < -0.3 is 9.64 Å². The lowest BCUT2D eigenvalue weighted by Gasteiger charge is -2.33. The molecule has 0 aliphatic carbocycles. The Kier molecular flexibility index (Phi) is 5.42. The van der Waals surface area contributed by atoms with Gasteiger partial charge in [-0.25, -0.2) is 9.97 Å². The molecule has 0 amide bonds. The molecule has 7 heteroatoms. The molecule has 23 heavy (non-hydrogen) atoms. The van der Waals surface area contributed by atoms with Gasteiger partial charge in [-0.05, 0) is 39.5 Å². The molecule has 0 N–H and O–H groups in total. The summed E-state index contributed by atoms with van der Waals surface area (Å²) < 4.78 is 5.39. The number of nitrogens with zero attached hydrogens (tertiary/aromatic N) is 4. The second-order valence-corrected chi connectivity index (χ2v) is 7.08. The predicted molar refractivity (Wildman–Crippen MR) is 87.2 cm³/mol. The zero-order valence-corrected chi connectivity index (χ0v) is 14.4. The summed E-state index contributed by atoms with van der Waals surface area (Å²) in [6, 6.07) is 1.90. The van der Waals surface area contributed by atoms with Crippen LogP contribution in [0.4, 0.5) is 5.82 Å². The van der Waals surface area contributed by atoms with E-state index in [1.807, 2.05) is 26.8 Å². The maximum atomic E-state index is 12.0. The Morgan fingerprint density at radius 1 is 1.57 bits per heavy atom. The first-order valence-corrected chi connectivity index (χ1v) is 8.05. The van der Waals surface area contributed by atoms with E-state index in [0.717, 1.165) is 19.4 Å². The second kappa shape index (κ2) is 7.14. The molecule has 0 aromatic carbocycles. The van der Waals surface area contributed by atoms with Crippen LogP contribution < -0.4 is 4.90 Å². The van der Waals surface area contributed by atoms with Crippen molar-refractivity contribution in [2.24, 2.45) is 5.92 Å². The zero-order valence-electron chi connectivity index (χ0n) is 13.7. The van der Waals surface area contributed by atoms with Crippen LogP contribution >= 0.6 is 11.6 Å². The van der Waals surface area contributed by atoms with Gasteiger partial charge in [-0.1, -0.05) is 11.6 Å². The number of rotatable bonds is 3. The SMILES string of the molecule is CC(C)(C)OC(=O)C[C@@H]1CCCN(c2cnc(C#N)c(Cl)n2)C1. The van der Waals surface area contributed by atoms with Crippen LogP contribution in [0.15, 0.2) is 6.20 Å². The minimum Gasteiger partial charge on any atom is -0.460 e. The highest BCUT2D eigenvalue weighted by atomic mass is 35.5. The summed E-state index contributed by atoms with van der Waals surface area (Å²) in [7, 11) is 0. The lowest BCUT2D eigenvalue weighted by molar-refractivity contribution is -0.156. The molecule has 1 atom stereocenters. The van der Waals surface area contributed by atoms with Gasteiger partial charge in [0.2, 0.25) is 0 Å². The van der Waals surface area contributed by atoms with Crippen molar-refractivity contribution in [3.63, 3.8) is 0 Å². The van der Waals surface area contributed by atoms with Gasteiger partial charge in [0.25, 0.3) is 0 Å². The van der Waals surface area contributed by atoms with Crippen LogP contribution in [0.2, 0.25) is 5.15 Å². The van der Waals surface area contributed by atoms with Crippen molar-refractivity contribution < 1.29 is 9.53 Å². The van der Waals surface area contributed by atoms with Gasteiger partial charge in [0, 0.05) is 13.1 Å². The number of hydrogen-bond donors (Lipinski definition) is 0. The summed E-state index contributed by atoms with van der Waals surface area (Å²) in [4.78, 5) is 22.3. The maximum absolute atomic E-state index is 12.0. The fourth-order valence-electron chi connectivity index (χ4n) is 2.64. The van der Waals surface area contributed by atoms with Gasteiger partial charge in [0.1, 0.15) is 17.5 Å². The highest BCUT2D eigenvalue weighted by Crippen LogP contribution is 2.25. The predicted octanol–water partition coefficient (Wildman–Crippen LogP) is 2.95. The average molecular weight is 337 g/mol. The molecular formula is C16H21ClN4O2. The third-order valence-electron chi connectivity index (χ3n) is 3.54. The summed E-state index contributed by atoms with van der Waals surface area (Å²) in [6.07, 6.45) is 3.89. The van der Waals surface area contributed by atoms with E-state index >= 15 is 0 Å². The fraction of sp³-hybridized carbons (Fsp3) is 0.625. The average Bonchev–Trinajstić information content (AvgIpc) is 2.45. The Labute approximate surface area is 141 Å². The Morgan fingerprint density at radius 3 is 2.91 bits per heavy atom. The van der Waals surface area contributed by atoms with Crippen molar-refractivity contribution in [2.45, 2.75) is 45.6 Å². The van der Waals surface area contributed by atoms with E-state index < -0.39 is 5.60 Å². The molecular weight excluding hydrogens is 316 g/mol. The molecule has 0 saturated carbocycles. The van der Waals surface area contributed by atoms with Crippen LogP contribution in [-0.4, -0.2) is 34.6 Å². The van der Waals surface area contributed by atoms with Crippen molar-refractivity contribution in [3.05, 3.63) is 17.0 Å². The van der Waals surface area contributed by atoms with Crippen molar-refractivity contribution in [1.82, 2.24) is 9.97 Å². The molecule has 1 fully saturated rings. The largest absolute Gasteiger partial charge is 0.460 e.